The molecule has 2 atom stereocenters. The van der Waals surface area contributed by atoms with Gasteiger partial charge in [-0.1, -0.05) is 18.5 Å². The van der Waals surface area contributed by atoms with Crippen molar-refractivity contribution in [1.82, 2.24) is 4.98 Å². The third-order valence-corrected chi connectivity index (χ3v) is 6.86. The summed E-state index contributed by atoms with van der Waals surface area (Å²) in [6, 6.07) is 9.78. The van der Waals surface area contributed by atoms with Crippen molar-refractivity contribution in [3.63, 3.8) is 0 Å². The van der Waals surface area contributed by atoms with Crippen molar-refractivity contribution in [2.45, 2.75) is 46.3 Å². The summed E-state index contributed by atoms with van der Waals surface area (Å²) < 4.78 is 11.3. The maximum absolute atomic E-state index is 13.4. The van der Waals surface area contributed by atoms with E-state index in [-0.39, 0.29) is 11.8 Å². The number of benzene rings is 2. The van der Waals surface area contributed by atoms with Crippen LogP contribution in [0.1, 0.15) is 30.2 Å². The van der Waals surface area contributed by atoms with Crippen molar-refractivity contribution < 1.29 is 19.1 Å². The molecular formula is C25H26ClN3O4S. The summed E-state index contributed by atoms with van der Waals surface area (Å²) in [5.74, 6) is 0.392. The smallest absolute Gasteiger partial charge is 0.268 e. The van der Waals surface area contributed by atoms with Crippen LogP contribution in [0.3, 0.4) is 0 Å². The largest absolute Gasteiger partial charge is 0.495 e. The summed E-state index contributed by atoms with van der Waals surface area (Å²) in [7, 11) is 1.51. The van der Waals surface area contributed by atoms with Crippen molar-refractivity contribution in [1.29, 1.82) is 0 Å². The molecule has 0 bridgehead atoms. The second-order valence-corrected chi connectivity index (χ2v) is 9.90. The Morgan fingerprint density at radius 3 is 2.71 bits per heavy atom. The van der Waals surface area contributed by atoms with E-state index >= 15 is 0 Å². The van der Waals surface area contributed by atoms with E-state index in [1.54, 1.807) is 36.5 Å². The van der Waals surface area contributed by atoms with Gasteiger partial charge in [0, 0.05) is 15.5 Å². The molecule has 9 heteroatoms. The lowest BCUT2D eigenvalue weighted by Gasteiger charge is -2.37. The zero-order valence-corrected chi connectivity index (χ0v) is 21.2. The van der Waals surface area contributed by atoms with Crippen LogP contribution in [0.2, 0.25) is 5.02 Å². The fourth-order valence-electron chi connectivity index (χ4n) is 4.02. The van der Waals surface area contributed by atoms with Crippen LogP contribution in [0, 0.1) is 13.8 Å². The molecule has 2 aromatic carbocycles. The van der Waals surface area contributed by atoms with Crippen molar-refractivity contribution in [3.05, 3.63) is 51.3 Å². The first-order valence-corrected chi connectivity index (χ1v) is 12.2. The van der Waals surface area contributed by atoms with E-state index < -0.39 is 12.1 Å². The highest BCUT2D eigenvalue weighted by molar-refractivity contribution is 7.11. The molecule has 1 aliphatic rings. The number of carbonyl (C=O) groups excluding carboxylic acids is 2. The number of hydrogen-bond donors (Lipinski definition) is 1. The topological polar surface area (TPSA) is 80.8 Å². The monoisotopic (exact) mass is 499 g/mol. The summed E-state index contributed by atoms with van der Waals surface area (Å²) in [6.07, 6.45) is -0.185. The van der Waals surface area contributed by atoms with Crippen LogP contribution in [-0.2, 0) is 9.59 Å². The number of methoxy groups -OCH3 is 1. The van der Waals surface area contributed by atoms with E-state index in [4.69, 9.17) is 21.1 Å². The summed E-state index contributed by atoms with van der Waals surface area (Å²) in [6.45, 7) is 7.54. The minimum atomic E-state index is -0.818. The molecule has 34 heavy (non-hydrogen) atoms. The third kappa shape index (κ3) is 4.48. The van der Waals surface area contributed by atoms with Gasteiger partial charge in [-0.25, -0.2) is 4.98 Å². The normalized spacial score (nSPS) is 16.0. The molecule has 1 aromatic heterocycles. The quantitative estimate of drug-likeness (QED) is 0.476. The van der Waals surface area contributed by atoms with Gasteiger partial charge in [-0.2, -0.15) is 0 Å². The number of amides is 2. The van der Waals surface area contributed by atoms with Crippen molar-refractivity contribution in [2.24, 2.45) is 0 Å². The molecule has 1 aliphatic heterocycles. The van der Waals surface area contributed by atoms with Gasteiger partial charge in [-0.05, 0) is 63.6 Å². The molecule has 7 nitrogen and oxygen atoms in total. The number of aromatic nitrogens is 1. The maximum Gasteiger partial charge on any atom is 0.268 e. The molecule has 2 heterocycles. The molecule has 3 aromatic rings. The molecular weight excluding hydrogens is 474 g/mol. The number of nitrogens with one attached hydrogen (secondary N) is 1. The highest BCUT2D eigenvalue weighted by Gasteiger charge is 2.39. The number of thiazole rings is 1. The number of anilines is 2. The maximum atomic E-state index is 13.4. The molecule has 2 amide bonds. The van der Waals surface area contributed by atoms with Gasteiger partial charge in [0.2, 0.25) is 5.91 Å². The lowest BCUT2D eigenvalue weighted by Crippen LogP contribution is -2.53. The van der Waals surface area contributed by atoms with Gasteiger partial charge in [-0.15, -0.1) is 11.3 Å². The zero-order chi connectivity index (χ0) is 24.6. The van der Waals surface area contributed by atoms with Crippen LogP contribution in [0.15, 0.2) is 36.4 Å². The van der Waals surface area contributed by atoms with Gasteiger partial charge < -0.3 is 14.8 Å². The number of rotatable bonds is 6. The minimum Gasteiger partial charge on any atom is -0.495 e. The number of hydrogen-bond acceptors (Lipinski definition) is 6. The summed E-state index contributed by atoms with van der Waals surface area (Å²) in [5, 5.41) is 4.27. The molecule has 178 valence electrons. The molecule has 2 unspecified atom stereocenters. The van der Waals surface area contributed by atoms with Crippen molar-refractivity contribution in [2.75, 3.05) is 17.3 Å². The number of fused-ring (bicyclic) bond motifs is 1. The second-order valence-electron chi connectivity index (χ2n) is 8.05. The number of halogens is 1. The van der Waals surface area contributed by atoms with Crippen molar-refractivity contribution in [3.8, 4) is 22.8 Å². The van der Waals surface area contributed by atoms with E-state index in [1.165, 1.54) is 12.0 Å². The first-order chi connectivity index (χ1) is 16.2. The molecule has 0 aliphatic carbocycles. The van der Waals surface area contributed by atoms with Gasteiger partial charge in [-0.3, -0.25) is 14.5 Å². The molecule has 4 rings (SSSR count). The Morgan fingerprint density at radius 1 is 1.29 bits per heavy atom. The fourth-order valence-corrected chi connectivity index (χ4v) is 5.03. The molecule has 1 N–H and O–H groups in total. The van der Waals surface area contributed by atoms with E-state index in [0.29, 0.717) is 34.3 Å². The highest BCUT2D eigenvalue weighted by atomic mass is 35.5. The van der Waals surface area contributed by atoms with Crippen LogP contribution in [0.25, 0.3) is 11.3 Å². The van der Waals surface area contributed by atoms with Crippen LogP contribution >= 0.6 is 22.9 Å². The van der Waals surface area contributed by atoms with Gasteiger partial charge in [0.15, 0.2) is 6.10 Å². The number of ether oxygens (including phenoxy) is 2. The van der Waals surface area contributed by atoms with Crippen LogP contribution in [0.4, 0.5) is 11.4 Å². The number of carbonyl (C=O) groups is 2. The van der Waals surface area contributed by atoms with E-state index in [0.717, 1.165) is 21.1 Å². The molecule has 0 saturated heterocycles. The molecule has 0 fully saturated rings. The first-order valence-electron chi connectivity index (χ1n) is 11.0. The summed E-state index contributed by atoms with van der Waals surface area (Å²) in [5.41, 5.74) is 2.69. The van der Waals surface area contributed by atoms with Crippen molar-refractivity contribution >= 4 is 46.1 Å². The van der Waals surface area contributed by atoms with E-state index in [1.807, 2.05) is 39.0 Å². The van der Waals surface area contributed by atoms with Crippen LogP contribution < -0.4 is 19.7 Å². The third-order valence-electron chi connectivity index (χ3n) is 5.73. The Balaban J connectivity index is 1.72. The Kier molecular flexibility index (Phi) is 6.81. The molecule has 0 saturated carbocycles. The zero-order valence-electron chi connectivity index (χ0n) is 19.6. The van der Waals surface area contributed by atoms with Gasteiger partial charge >= 0.3 is 0 Å². The average Bonchev–Trinajstić information content (AvgIpc) is 3.15. The Labute approximate surface area is 207 Å². The predicted molar refractivity (Wildman–Crippen MR) is 135 cm³/mol. The van der Waals surface area contributed by atoms with E-state index in [2.05, 4.69) is 10.3 Å². The first kappa shape index (κ1) is 24.0. The highest BCUT2D eigenvalue weighted by Crippen LogP contribution is 2.40. The summed E-state index contributed by atoms with van der Waals surface area (Å²) >= 11 is 7.72. The molecule has 0 spiro atoms. The summed E-state index contributed by atoms with van der Waals surface area (Å²) in [4.78, 5) is 33.9. The van der Waals surface area contributed by atoms with Crippen LogP contribution in [0.5, 0.6) is 11.5 Å². The second kappa shape index (κ2) is 9.64. The number of aryl methyl sites for hydroxylation is 2. The Morgan fingerprint density at radius 2 is 2.06 bits per heavy atom. The minimum absolute atomic E-state index is 0.265. The average molecular weight is 500 g/mol. The molecule has 0 radical (unpaired) electrons. The number of nitrogens with zero attached hydrogens (tertiary/aromatic N) is 2. The lowest BCUT2D eigenvalue weighted by atomic mass is 10.0. The Hall–Kier alpha value is -3.10. The SMILES string of the molecule is CCC1Oc2ccc(-c3nc(C)sc3C)cc2N(C(C)C(=O)Nc2cc(Cl)ccc2OC)C1=O. The van der Waals surface area contributed by atoms with Gasteiger partial charge in [0.05, 0.1) is 29.2 Å². The van der Waals surface area contributed by atoms with E-state index in [9.17, 15) is 9.59 Å². The standard InChI is InChI=1S/C25H26ClN3O4S/c1-6-20-25(31)29(13(2)24(30)28-18-12-17(26)8-10-21(18)32-5)19-11-16(7-9-22(19)33-20)23-14(3)34-15(4)27-23/h7-13,20H,6H2,1-5H3,(H,28,30). The van der Waals surface area contributed by atoms with Gasteiger partial charge in [0.1, 0.15) is 17.5 Å². The lowest BCUT2D eigenvalue weighted by molar-refractivity contribution is -0.129. The fraction of sp³-hybridized carbons (Fsp3) is 0.320. The van der Waals surface area contributed by atoms with Gasteiger partial charge in [0.25, 0.3) is 5.91 Å². The van der Waals surface area contributed by atoms with Crippen LogP contribution in [-0.4, -0.2) is 36.1 Å². The predicted octanol–water partition coefficient (Wildman–Crippen LogP) is 5.62. The Bertz CT molecular complexity index is 1260.